The number of ether oxygens (including phenoxy) is 1. The van der Waals surface area contributed by atoms with E-state index < -0.39 is 23.7 Å². The Balaban J connectivity index is 2.40. The summed E-state index contributed by atoms with van der Waals surface area (Å²) in [6.45, 7) is 1.08. The number of aromatic amines is 1. The molecule has 2 rings (SSSR count). The first kappa shape index (κ1) is 12.4. The minimum Gasteiger partial charge on any atom is -0.394 e. The Labute approximate surface area is 102 Å². The molecular weight excluding hydrogens is 247 g/mol. The Bertz CT molecular complexity index is 525. The van der Waals surface area contributed by atoms with Crippen LogP contribution in [0, 0.1) is 4.64 Å². The van der Waals surface area contributed by atoms with Crippen molar-refractivity contribution in [3.05, 3.63) is 27.4 Å². The predicted molar refractivity (Wildman–Crippen MR) is 61.0 cm³/mol. The average Bonchev–Trinajstić information content (AvgIpc) is 2.54. The number of nitrogens with one attached hydrogen (secondary N) is 1. The molecule has 7 heteroatoms. The molecule has 5 nitrogen and oxygen atoms in total. The Morgan fingerprint density at radius 1 is 1.82 bits per heavy atom. The van der Waals surface area contributed by atoms with Crippen LogP contribution in [-0.4, -0.2) is 33.0 Å². The van der Waals surface area contributed by atoms with Crippen molar-refractivity contribution < 1.29 is 14.2 Å². The normalized spacial score (nSPS) is 32.9. The number of hydrogen-bond acceptors (Lipinski definition) is 4. The highest BCUT2D eigenvalue weighted by Crippen LogP contribution is 2.39. The molecule has 17 heavy (non-hydrogen) atoms. The van der Waals surface area contributed by atoms with Gasteiger partial charge in [-0.25, -0.2) is 9.18 Å². The molecule has 0 radical (unpaired) electrons. The number of hydrogen-bond donors (Lipinski definition) is 2. The van der Waals surface area contributed by atoms with Crippen LogP contribution in [0.1, 0.15) is 19.6 Å². The summed E-state index contributed by atoms with van der Waals surface area (Å²) < 4.78 is 21.0. The van der Waals surface area contributed by atoms with E-state index in [0.717, 1.165) is 4.57 Å². The Morgan fingerprint density at radius 2 is 2.53 bits per heavy atom. The number of aliphatic hydroxyl groups is 1. The van der Waals surface area contributed by atoms with E-state index in [0.29, 0.717) is 0 Å². The molecule has 1 aliphatic heterocycles. The van der Waals surface area contributed by atoms with Crippen LogP contribution in [0.15, 0.2) is 17.1 Å². The summed E-state index contributed by atoms with van der Waals surface area (Å²) in [5.74, 6) is 0. The van der Waals surface area contributed by atoms with Crippen LogP contribution in [0.3, 0.4) is 0 Å². The molecule has 0 aromatic carbocycles. The summed E-state index contributed by atoms with van der Waals surface area (Å²) in [5, 5.41) is 8.97. The van der Waals surface area contributed by atoms with E-state index in [4.69, 9.17) is 22.1 Å². The zero-order valence-electron chi connectivity index (χ0n) is 9.22. The molecule has 0 aliphatic carbocycles. The quantitative estimate of drug-likeness (QED) is 0.776. The number of halogens is 1. The Hall–Kier alpha value is -1.05. The maximum absolute atomic E-state index is 14.2. The van der Waals surface area contributed by atoms with E-state index in [2.05, 4.69) is 4.98 Å². The molecule has 1 fully saturated rings. The number of H-pyrrole nitrogens is 1. The van der Waals surface area contributed by atoms with Crippen molar-refractivity contribution in [3.8, 4) is 0 Å². The summed E-state index contributed by atoms with van der Waals surface area (Å²) in [7, 11) is 0. The number of rotatable bonds is 2. The van der Waals surface area contributed by atoms with E-state index >= 15 is 0 Å². The van der Waals surface area contributed by atoms with Crippen molar-refractivity contribution in [2.24, 2.45) is 0 Å². The van der Waals surface area contributed by atoms with Gasteiger partial charge in [-0.1, -0.05) is 12.2 Å². The third-order valence-corrected chi connectivity index (χ3v) is 3.01. The summed E-state index contributed by atoms with van der Waals surface area (Å²) in [5.41, 5.74) is -2.22. The maximum Gasteiger partial charge on any atom is 0.328 e. The first-order valence-electron chi connectivity index (χ1n) is 5.21. The van der Waals surface area contributed by atoms with Gasteiger partial charge in [0.2, 0.25) is 0 Å². The molecular formula is C10H13FN2O3S. The standard InChI is InChI=1S/C10H13FN2O3S/c1-10(11)4-6(5-14)16-8(10)13-3-2-7(17)12-9(13)15/h2-3,6,8,14H,4-5H2,1H3,(H,12,15,17). The van der Waals surface area contributed by atoms with Gasteiger partial charge in [0.15, 0.2) is 11.9 Å². The topological polar surface area (TPSA) is 67.2 Å². The molecule has 94 valence electrons. The van der Waals surface area contributed by atoms with Crippen LogP contribution in [0.2, 0.25) is 0 Å². The van der Waals surface area contributed by atoms with Gasteiger partial charge in [0.1, 0.15) is 4.64 Å². The number of aliphatic hydroxyl groups excluding tert-OH is 1. The molecule has 1 saturated heterocycles. The highest BCUT2D eigenvalue weighted by Gasteiger charge is 2.47. The van der Waals surface area contributed by atoms with Gasteiger partial charge in [-0.15, -0.1) is 0 Å². The van der Waals surface area contributed by atoms with Crippen LogP contribution in [0.4, 0.5) is 4.39 Å². The van der Waals surface area contributed by atoms with E-state index in [9.17, 15) is 9.18 Å². The SMILES string of the molecule is CC1(F)CC(CO)OC1n1ccc(=S)[nH]c1=O. The largest absolute Gasteiger partial charge is 0.394 e. The van der Waals surface area contributed by atoms with Gasteiger partial charge < -0.3 is 9.84 Å². The van der Waals surface area contributed by atoms with Gasteiger partial charge in [-0.05, 0) is 13.0 Å². The Morgan fingerprint density at radius 3 is 3.06 bits per heavy atom. The van der Waals surface area contributed by atoms with Gasteiger partial charge >= 0.3 is 5.69 Å². The second-order valence-electron chi connectivity index (χ2n) is 4.29. The molecule has 1 aliphatic rings. The highest BCUT2D eigenvalue weighted by molar-refractivity contribution is 7.71. The maximum atomic E-state index is 14.2. The van der Waals surface area contributed by atoms with Crippen LogP contribution in [0.5, 0.6) is 0 Å². The first-order chi connectivity index (χ1) is 7.94. The number of nitrogens with zero attached hydrogens (tertiary/aromatic N) is 1. The van der Waals surface area contributed by atoms with Gasteiger partial charge in [-0.3, -0.25) is 9.55 Å². The summed E-state index contributed by atoms with van der Waals surface area (Å²) in [6, 6.07) is 1.49. The lowest BCUT2D eigenvalue weighted by molar-refractivity contribution is -0.0610. The van der Waals surface area contributed by atoms with Crippen molar-refractivity contribution in [1.29, 1.82) is 0 Å². The smallest absolute Gasteiger partial charge is 0.328 e. The van der Waals surface area contributed by atoms with Crippen molar-refractivity contribution in [1.82, 2.24) is 9.55 Å². The third-order valence-electron chi connectivity index (χ3n) is 2.77. The fraction of sp³-hybridized carbons (Fsp3) is 0.600. The second-order valence-corrected chi connectivity index (χ2v) is 4.73. The van der Waals surface area contributed by atoms with Gasteiger partial charge in [0.05, 0.1) is 12.7 Å². The van der Waals surface area contributed by atoms with Crippen molar-refractivity contribution in [3.63, 3.8) is 0 Å². The summed E-state index contributed by atoms with van der Waals surface area (Å²) in [4.78, 5) is 14.0. The monoisotopic (exact) mass is 260 g/mol. The van der Waals surface area contributed by atoms with Crippen LogP contribution in [0.25, 0.3) is 0 Å². The second kappa shape index (κ2) is 4.32. The number of aromatic nitrogens is 2. The summed E-state index contributed by atoms with van der Waals surface area (Å²) >= 11 is 4.79. The lowest BCUT2D eigenvalue weighted by Crippen LogP contribution is -2.35. The number of alkyl halides is 1. The van der Waals surface area contributed by atoms with Crippen molar-refractivity contribution >= 4 is 12.2 Å². The molecule has 2 heterocycles. The zero-order chi connectivity index (χ0) is 12.6. The first-order valence-corrected chi connectivity index (χ1v) is 5.61. The molecule has 1 aromatic rings. The predicted octanol–water partition coefficient (Wildman–Crippen LogP) is 0.914. The van der Waals surface area contributed by atoms with E-state index in [-0.39, 0.29) is 17.7 Å². The van der Waals surface area contributed by atoms with Gasteiger partial charge in [0, 0.05) is 12.6 Å². The molecule has 0 saturated carbocycles. The Kier molecular flexibility index (Phi) is 3.15. The van der Waals surface area contributed by atoms with E-state index in [1.807, 2.05) is 0 Å². The zero-order valence-corrected chi connectivity index (χ0v) is 10.0. The molecule has 3 atom stereocenters. The minimum atomic E-state index is -1.70. The third kappa shape index (κ3) is 2.31. The molecule has 1 aromatic heterocycles. The minimum absolute atomic E-state index is 0.0518. The van der Waals surface area contributed by atoms with Crippen LogP contribution < -0.4 is 5.69 Å². The fourth-order valence-electron chi connectivity index (χ4n) is 1.99. The lowest BCUT2D eigenvalue weighted by Gasteiger charge is -2.22. The molecule has 0 bridgehead atoms. The van der Waals surface area contributed by atoms with Crippen LogP contribution in [-0.2, 0) is 4.74 Å². The van der Waals surface area contributed by atoms with Gasteiger partial charge in [0.25, 0.3) is 0 Å². The molecule has 0 spiro atoms. The molecule has 3 unspecified atom stereocenters. The van der Waals surface area contributed by atoms with E-state index in [1.165, 1.54) is 19.2 Å². The van der Waals surface area contributed by atoms with Crippen LogP contribution >= 0.6 is 12.2 Å². The summed E-state index contributed by atoms with van der Waals surface area (Å²) in [6.07, 6.45) is -0.191. The lowest BCUT2D eigenvalue weighted by atomic mass is 10.0. The van der Waals surface area contributed by atoms with Crippen molar-refractivity contribution in [2.45, 2.75) is 31.3 Å². The van der Waals surface area contributed by atoms with E-state index in [1.54, 1.807) is 0 Å². The molecule has 2 N–H and O–H groups in total. The fourth-order valence-corrected chi connectivity index (χ4v) is 2.14. The van der Waals surface area contributed by atoms with Gasteiger partial charge in [-0.2, -0.15) is 0 Å². The van der Waals surface area contributed by atoms with Crippen molar-refractivity contribution in [2.75, 3.05) is 6.61 Å². The average molecular weight is 260 g/mol. The highest BCUT2D eigenvalue weighted by atomic mass is 32.1. The molecule has 0 amide bonds.